The Morgan fingerprint density at radius 3 is 1.22 bits per heavy atom. The summed E-state index contributed by atoms with van der Waals surface area (Å²) >= 11 is 0. The maximum absolute atomic E-state index is 12.4. The second kappa shape index (κ2) is 20.9. The highest BCUT2D eigenvalue weighted by Crippen LogP contribution is 2.15. The minimum absolute atomic E-state index is 0.0167. The highest BCUT2D eigenvalue weighted by molar-refractivity contribution is 6.09. The van der Waals surface area contributed by atoms with E-state index in [-0.39, 0.29) is 18.2 Å². The summed E-state index contributed by atoms with van der Waals surface area (Å²) in [4.78, 5) is 35.0. The van der Waals surface area contributed by atoms with Crippen molar-refractivity contribution in [1.29, 1.82) is 0 Å². The fourth-order valence-corrected chi connectivity index (χ4v) is 3.82. The molecular weight excluding hydrogens is 572 g/mol. The van der Waals surface area contributed by atoms with Gasteiger partial charge >= 0.3 is 5.97 Å². The smallest absolute Gasteiger partial charge is 0.330 e. The lowest BCUT2D eigenvalue weighted by Gasteiger charge is -2.09. The molecule has 0 unspecified atom stereocenters. The molecule has 0 heterocycles. The van der Waals surface area contributed by atoms with Crippen LogP contribution in [0.5, 0.6) is 5.75 Å². The maximum Gasteiger partial charge on any atom is 0.330 e. The average Bonchev–Trinajstić information content (AvgIpc) is 3.11. The van der Waals surface area contributed by atoms with Gasteiger partial charge in [-0.05, 0) is 24.3 Å². The van der Waals surface area contributed by atoms with Crippen LogP contribution in [0.4, 0.5) is 0 Å². The van der Waals surface area contributed by atoms with Crippen LogP contribution < -0.4 is 4.74 Å². The Morgan fingerprint density at radius 2 is 0.822 bits per heavy atom. The third-order valence-electron chi connectivity index (χ3n) is 6.10. The van der Waals surface area contributed by atoms with Crippen LogP contribution in [0.25, 0.3) is 0 Å². The Hall–Kier alpha value is -4.89. The summed E-state index contributed by atoms with van der Waals surface area (Å²) in [7, 11) is 0. The number of rotatable bonds is 18. The van der Waals surface area contributed by atoms with Gasteiger partial charge in [0.15, 0.2) is 11.6 Å². The van der Waals surface area contributed by atoms with Gasteiger partial charge < -0.3 is 23.7 Å². The van der Waals surface area contributed by atoms with Crippen LogP contribution in [-0.2, 0) is 23.7 Å². The minimum atomic E-state index is -0.462. The van der Waals surface area contributed by atoms with E-state index < -0.39 is 5.97 Å². The maximum atomic E-state index is 12.4. The summed E-state index contributed by atoms with van der Waals surface area (Å²) in [6.45, 7) is 6.39. The molecule has 0 aromatic heterocycles. The Bertz CT molecular complexity index is 1380. The largest absolute Gasteiger partial charge is 0.491 e. The zero-order chi connectivity index (χ0) is 32.0. The number of carbonyl (C=O) groups excluding carboxylic acids is 3. The first-order valence-electron chi connectivity index (χ1n) is 14.6. The Balaban J connectivity index is 0.000000325. The number of esters is 1. The van der Waals surface area contributed by atoms with Crippen LogP contribution in [0.15, 0.2) is 128 Å². The molecule has 0 bridgehead atoms. The van der Waals surface area contributed by atoms with Crippen molar-refractivity contribution in [2.24, 2.45) is 0 Å². The number of carbonyl (C=O) groups is 3. The van der Waals surface area contributed by atoms with E-state index in [2.05, 4.69) is 6.58 Å². The molecule has 0 aliphatic heterocycles. The number of benzene rings is 4. The van der Waals surface area contributed by atoms with Gasteiger partial charge in [0.05, 0.1) is 39.6 Å². The number of ether oxygens (including phenoxy) is 5. The van der Waals surface area contributed by atoms with Gasteiger partial charge in [0.1, 0.15) is 19.0 Å². The van der Waals surface area contributed by atoms with Crippen molar-refractivity contribution in [3.63, 3.8) is 0 Å². The molecule has 8 heteroatoms. The Labute approximate surface area is 264 Å². The van der Waals surface area contributed by atoms with Gasteiger partial charge in [0.2, 0.25) is 0 Å². The number of hydrogen-bond acceptors (Lipinski definition) is 8. The molecule has 4 aromatic rings. The molecule has 45 heavy (non-hydrogen) atoms. The summed E-state index contributed by atoms with van der Waals surface area (Å²) in [6, 6.07) is 34.8. The van der Waals surface area contributed by atoms with Crippen LogP contribution in [0, 0.1) is 0 Å². The van der Waals surface area contributed by atoms with Gasteiger partial charge in [-0.25, -0.2) is 4.79 Å². The van der Waals surface area contributed by atoms with E-state index in [1.807, 2.05) is 78.9 Å². The molecule has 4 rings (SSSR count). The van der Waals surface area contributed by atoms with Crippen molar-refractivity contribution in [2.45, 2.75) is 0 Å². The summed E-state index contributed by atoms with van der Waals surface area (Å²) in [5.74, 6) is 0.278. The second-order valence-corrected chi connectivity index (χ2v) is 9.34. The Morgan fingerprint density at radius 1 is 0.467 bits per heavy atom. The van der Waals surface area contributed by atoms with Crippen molar-refractivity contribution in [1.82, 2.24) is 0 Å². The van der Waals surface area contributed by atoms with Gasteiger partial charge in [0, 0.05) is 28.3 Å². The number of ketones is 2. The molecule has 0 amide bonds. The molecule has 0 radical (unpaired) electrons. The van der Waals surface area contributed by atoms with Crippen molar-refractivity contribution in [2.75, 3.05) is 52.9 Å². The van der Waals surface area contributed by atoms with Crippen LogP contribution in [0.1, 0.15) is 31.8 Å². The fraction of sp³-hybridized carbons (Fsp3) is 0.216. The van der Waals surface area contributed by atoms with Gasteiger partial charge in [-0.3, -0.25) is 9.59 Å². The topological polar surface area (TPSA) is 97.4 Å². The molecule has 0 saturated carbocycles. The standard InChI is InChI=1S/C24H28O7.C13H10O/c1-2-23(25)31-19-17-29-15-13-27-12-14-28-16-18-30-22-10-8-21(9-11-22)24(26)20-6-4-3-5-7-20;14-13(11-7-3-1-4-8-11)12-9-5-2-6-10-12/h2-11H,1,12-19H2;1-10H. The first-order chi connectivity index (χ1) is 22.1. The van der Waals surface area contributed by atoms with Gasteiger partial charge in [0.25, 0.3) is 0 Å². The highest BCUT2D eigenvalue weighted by atomic mass is 16.6. The molecule has 0 aliphatic rings. The molecular formula is C37H38O8. The third kappa shape index (κ3) is 13.5. The fourth-order valence-electron chi connectivity index (χ4n) is 3.82. The van der Waals surface area contributed by atoms with E-state index in [1.54, 1.807) is 36.4 Å². The SMILES string of the molecule is C=CC(=O)OCCOCCOCCOCCOc1ccc(C(=O)c2ccccc2)cc1.O=C(c1ccccc1)c1ccccc1. The quantitative estimate of drug-likeness (QED) is 0.0587. The number of hydrogen-bond donors (Lipinski definition) is 0. The van der Waals surface area contributed by atoms with Crippen molar-refractivity contribution >= 4 is 17.5 Å². The normalized spacial score (nSPS) is 10.2. The Kier molecular flexibility index (Phi) is 16.1. The predicted molar refractivity (Wildman–Crippen MR) is 172 cm³/mol. The molecule has 0 aliphatic carbocycles. The summed E-state index contributed by atoms with van der Waals surface area (Å²) < 4.78 is 26.5. The minimum Gasteiger partial charge on any atom is -0.491 e. The molecule has 0 fully saturated rings. The van der Waals surface area contributed by atoms with Crippen molar-refractivity contribution in [3.8, 4) is 5.75 Å². The van der Waals surface area contributed by atoms with Crippen molar-refractivity contribution in [3.05, 3.63) is 150 Å². The average molecular weight is 611 g/mol. The first-order valence-corrected chi connectivity index (χ1v) is 14.6. The lowest BCUT2D eigenvalue weighted by molar-refractivity contribution is -0.139. The first kappa shape index (κ1) is 34.6. The summed E-state index contributed by atoms with van der Waals surface area (Å²) in [5.41, 5.74) is 2.75. The van der Waals surface area contributed by atoms with E-state index in [1.165, 1.54) is 0 Å². The third-order valence-corrected chi connectivity index (χ3v) is 6.10. The zero-order valence-electron chi connectivity index (χ0n) is 25.2. The lowest BCUT2D eigenvalue weighted by Crippen LogP contribution is -2.14. The zero-order valence-corrected chi connectivity index (χ0v) is 25.2. The lowest BCUT2D eigenvalue weighted by atomic mass is 10.0. The highest BCUT2D eigenvalue weighted by Gasteiger charge is 2.08. The van der Waals surface area contributed by atoms with E-state index >= 15 is 0 Å². The molecule has 234 valence electrons. The van der Waals surface area contributed by atoms with Crippen molar-refractivity contribution < 1.29 is 38.1 Å². The van der Waals surface area contributed by atoms with E-state index in [4.69, 9.17) is 23.7 Å². The second-order valence-electron chi connectivity index (χ2n) is 9.34. The molecule has 8 nitrogen and oxygen atoms in total. The van der Waals surface area contributed by atoms with E-state index in [0.717, 1.165) is 17.2 Å². The molecule has 0 spiro atoms. The monoisotopic (exact) mass is 610 g/mol. The molecule has 0 saturated heterocycles. The summed E-state index contributed by atoms with van der Waals surface area (Å²) in [6.07, 6.45) is 1.11. The summed E-state index contributed by atoms with van der Waals surface area (Å²) in [5, 5.41) is 0. The van der Waals surface area contributed by atoms with Gasteiger partial charge in [-0.15, -0.1) is 0 Å². The van der Waals surface area contributed by atoms with Crippen LogP contribution >= 0.6 is 0 Å². The molecule has 0 N–H and O–H groups in total. The van der Waals surface area contributed by atoms with E-state index in [9.17, 15) is 14.4 Å². The predicted octanol–water partition coefficient (Wildman–Crippen LogP) is 5.99. The van der Waals surface area contributed by atoms with Crippen LogP contribution in [0.2, 0.25) is 0 Å². The van der Waals surface area contributed by atoms with Crippen LogP contribution in [0.3, 0.4) is 0 Å². The van der Waals surface area contributed by atoms with E-state index in [0.29, 0.717) is 63.1 Å². The van der Waals surface area contributed by atoms with Crippen LogP contribution in [-0.4, -0.2) is 70.4 Å². The van der Waals surface area contributed by atoms with Gasteiger partial charge in [-0.2, -0.15) is 0 Å². The van der Waals surface area contributed by atoms with Gasteiger partial charge in [-0.1, -0.05) is 97.6 Å². The molecule has 0 atom stereocenters. The molecule has 4 aromatic carbocycles.